The van der Waals surface area contributed by atoms with E-state index in [1.807, 2.05) is 23.9 Å². The lowest BCUT2D eigenvalue weighted by molar-refractivity contribution is 0.523. The Bertz CT molecular complexity index is 380. The maximum Gasteiger partial charge on any atom is 0.0468 e. The Morgan fingerprint density at radius 1 is 1.35 bits per heavy atom. The van der Waals surface area contributed by atoms with Crippen molar-refractivity contribution in [3.05, 3.63) is 33.8 Å². The topological polar surface area (TPSA) is 12.0 Å². The Balaban J connectivity index is 2.67. The van der Waals surface area contributed by atoms with Gasteiger partial charge in [0.25, 0.3) is 0 Å². The number of hydrogen-bond donors (Lipinski definition) is 1. The average molecular weight is 292 g/mol. The monoisotopic (exact) mass is 291 g/mol. The fourth-order valence-corrected chi connectivity index (χ4v) is 2.23. The van der Waals surface area contributed by atoms with Crippen LogP contribution in [0.5, 0.6) is 0 Å². The Hall–Kier alpha value is 0.110. The quantitative estimate of drug-likeness (QED) is 0.837. The zero-order chi connectivity index (χ0) is 13.1. The SMILES string of the molecule is CSC(C)(C)CNC(C)c1ccc(Cl)cc1Cl. The molecule has 1 nitrogen and oxygen atoms in total. The van der Waals surface area contributed by atoms with Crippen molar-refractivity contribution >= 4 is 35.0 Å². The molecule has 1 N–H and O–H groups in total. The van der Waals surface area contributed by atoms with Crippen LogP contribution < -0.4 is 5.32 Å². The highest BCUT2D eigenvalue weighted by Gasteiger charge is 2.18. The van der Waals surface area contributed by atoms with Crippen LogP contribution in [0.4, 0.5) is 0 Å². The van der Waals surface area contributed by atoms with Gasteiger partial charge in [-0.05, 0) is 44.7 Å². The molecule has 0 saturated carbocycles. The van der Waals surface area contributed by atoms with Gasteiger partial charge in [-0.3, -0.25) is 0 Å². The zero-order valence-corrected chi connectivity index (χ0v) is 13.0. The van der Waals surface area contributed by atoms with Gasteiger partial charge in [-0.2, -0.15) is 11.8 Å². The van der Waals surface area contributed by atoms with Gasteiger partial charge in [0.15, 0.2) is 0 Å². The first-order valence-corrected chi connectivity index (χ1v) is 7.57. The summed E-state index contributed by atoms with van der Waals surface area (Å²) in [4.78, 5) is 0. The zero-order valence-electron chi connectivity index (χ0n) is 10.7. The van der Waals surface area contributed by atoms with E-state index >= 15 is 0 Å². The first-order valence-electron chi connectivity index (χ1n) is 5.59. The minimum atomic E-state index is 0.228. The van der Waals surface area contributed by atoms with E-state index in [9.17, 15) is 0 Å². The van der Waals surface area contributed by atoms with E-state index < -0.39 is 0 Å². The first kappa shape index (κ1) is 15.2. The minimum absolute atomic E-state index is 0.228. The van der Waals surface area contributed by atoms with E-state index in [1.54, 1.807) is 6.07 Å². The number of halogens is 2. The lowest BCUT2D eigenvalue weighted by Gasteiger charge is -2.25. The molecule has 0 spiro atoms. The number of nitrogens with one attached hydrogen (secondary N) is 1. The van der Waals surface area contributed by atoms with Gasteiger partial charge in [-0.25, -0.2) is 0 Å². The molecule has 0 fully saturated rings. The molecule has 96 valence electrons. The fourth-order valence-electron chi connectivity index (χ4n) is 1.43. The van der Waals surface area contributed by atoms with Crippen LogP contribution in [0, 0.1) is 0 Å². The Kier molecular flexibility index (Phi) is 5.65. The van der Waals surface area contributed by atoms with Crippen LogP contribution in [0.3, 0.4) is 0 Å². The van der Waals surface area contributed by atoms with Crippen LogP contribution in [0.15, 0.2) is 18.2 Å². The van der Waals surface area contributed by atoms with Crippen molar-refractivity contribution in [2.45, 2.75) is 31.6 Å². The van der Waals surface area contributed by atoms with E-state index in [1.165, 1.54) is 0 Å². The predicted octanol–water partition coefficient (Wildman–Crippen LogP) is 4.79. The Morgan fingerprint density at radius 2 is 2.00 bits per heavy atom. The number of benzene rings is 1. The van der Waals surface area contributed by atoms with Crippen molar-refractivity contribution in [3.8, 4) is 0 Å². The van der Waals surface area contributed by atoms with Crippen molar-refractivity contribution < 1.29 is 0 Å². The highest BCUT2D eigenvalue weighted by atomic mass is 35.5. The van der Waals surface area contributed by atoms with E-state index in [4.69, 9.17) is 23.2 Å². The molecule has 0 aliphatic rings. The van der Waals surface area contributed by atoms with Gasteiger partial charge < -0.3 is 5.32 Å². The highest BCUT2D eigenvalue weighted by molar-refractivity contribution is 7.99. The molecular weight excluding hydrogens is 273 g/mol. The number of rotatable bonds is 5. The van der Waals surface area contributed by atoms with E-state index in [0.29, 0.717) is 5.02 Å². The summed E-state index contributed by atoms with van der Waals surface area (Å²) in [6.07, 6.45) is 2.13. The maximum atomic E-state index is 6.18. The summed E-state index contributed by atoms with van der Waals surface area (Å²) >= 11 is 13.9. The lowest BCUT2D eigenvalue weighted by Crippen LogP contribution is -2.33. The molecule has 4 heteroatoms. The molecule has 1 rings (SSSR count). The van der Waals surface area contributed by atoms with Gasteiger partial charge in [0.05, 0.1) is 0 Å². The lowest BCUT2D eigenvalue weighted by atomic mass is 10.1. The minimum Gasteiger partial charge on any atom is -0.309 e. The normalized spacial score (nSPS) is 13.8. The van der Waals surface area contributed by atoms with Crippen LogP contribution in [0.1, 0.15) is 32.4 Å². The molecule has 0 bridgehead atoms. The maximum absolute atomic E-state index is 6.18. The number of thioether (sulfide) groups is 1. The molecule has 0 aromatic heterocycles. The second-order valence-electron chi connectivity index (χ2n) is 4.73. The van der Waals surface area contributed by atoms with Gasteiger partial charge >= 0.3 is 0 Å². The smallest absolute Gasteiger partial charge is 0.0468 e. The van der Waals surface area contributed by atoms with Crippen LogP contribution in [-0.4, -0.2) is 17.5 Å². The average Bonchev–Trinajstić information content (AvgIpc) is 2.26. The predicted molar refractivity (Wildman–Crippen MR) is 80.5 cm³/mol. The van der Waals surface area contributed by atoms with Gasteiger partial charge in [0, 0.05) is 27.4 Å². The molecule has 0 heterocycles. The fraction of sp³-hybridized carbons (Fsp3) is 0.538. The Morgan fingerprint density at radius 3 is 2.53 bits per heavy atom. The largest absolute Gasteiger partial charge is 0.309 e. The van der Waals surface area contributed by atoms with Gasteiger partial charge in [-0.15, -0.1) is 0 Å². The van der Waals surface area contributed by atoms with Crippen molar-refractivity contribution in [2.24, 2.45) is 0 Å². The molecular formula is C13H19Cl2NS. The molecule has 0 saturated heterocycles. The highest BCUT2D eigenvalue weighted by Crippen LogP contribution is 2.27. The van der Waals surface area contributed by atoms with Crippen LogP contribution in [0.2, 0.25) is 10.0 Å². The third-order valence-corrected chi connectivity index (χ3v) is 4.63. The van der Waals surface area contributed by atoms with Crippen LogP contribution in [0.25, 0.3) is 0 Å². The van der Waals surface area contributed by atoms with Crippen molar-refractivity contribution in [1.82, 2.24) is 5.32 Å². The summed E-state index contributed by atoms with van der Waals surface area (Å²) in [5, 5.41) is 4.90. The first-order chi connectivity index (χ1) is 7.85. The second kappa shape index (κ2) is 6.33. The molecule has 0 radical (unpaired) electrons. The van der Waals surface area contributed by atoms with Gasteiger partial charge in [0.1, 0.15) is 0 Å². The molecule has 0 aliphatic carbocycles. The van der Waals surface area contributed by atoms with Crippen LogP contribution in [-0.2, 0) is 0 Å². The third-order valence-electron chi connectivity index (χ3n) is 2.82. The van der Waals surface area contributed by atoms with Crippen LogP contribution >= 0.6 is 35.0 Å². The van der Waals surface area contributed by atoms with Crippen molar-refractivity contribution in [2.75, 3.05) is 12.8 Å². The molecule has 1 unspecified atom stereocenters. The third kappa shape index (κ3) is 4.70. The summed E-state index contributed by atoms with van der Waals surface area (Å²) in [5.41, 5.74) is 1.09. The summed E-state index contributed by atoms with van der Waals surface area (Å²) in [6, 6.07) is 5.87. The Labute approximate surface area is 118 Å². The van der Waals surface area contributed by atoms with E-state index in [2.05, 4.69) is 32.3 Å². The molecule has 1 aromatic carbocycles. The van der Waals surface area contributed by atoms with Crippen molar-refractivity contribution in [3.63, 3.8) is 0 Å². The molecule has 17 heavy (non-hydrogen) atoms. The number of hydrogen-bond acceptors (Lipinski definition) is 2. The van der Waals surface area contributed by atoms with E-state index in [-0.39, 0.29) is 10.8 Å². The summed E-state index contributed by atoms with van der Waals surface area (Å²) < 4.78 is 0.229. The molecule has 0 aliphatic heterocycles. The molecule has 1 atom stereocenters. The second-order valence-corrected chi connectivity index (χ2v) is 7.09. The van der Waals surface area contributed by atoms with Gasteiger partial charge in [-0.1, -0.05) is 29.3 Å². The summed E-state index contributed by atoms with van der Waals surface area (Å²) in [6.45, 7) is 7.50. The molecule has 1 aromatic rings. The van der Waals surface area contributed by atoms with Crippen molar-refractivity contribution in [1.29, 1.82) is 0 Å². The summed E-state index contributed by atoms with van der Waals surface area (Å²) in [5.74, 6) is 0. The standard InChI is InChI=1S/C13H19Cl2NS/c1-9(16-8-13(2,3)17-4)11-6-5-10(14)7-12(11)15/h5-7,9,16H,8H2,1-4H3. The van der Waals surface area contributed by atoms with E-state index in [0.717, 1.165) is 17.1 Å². The molecule has 0 amide bonds. The summed E-state index contributed by atoms with van der Waals surface area (Å²) in [7, 11) is 0. The van der Waals surface area contributed by atoms with Gasteiger partial charge in [0.2, 0.25) is 0 Å².